The molecule has 0 atom stereocenters. The fraction of sp³-hybridized carbons (Fsp3) is 0.333. The second-order valence-corrected chi connectivity index (χ2v) is 7.73. The van der Waals surface area contributed by atoms with Gasteiger partial charge >= 0.3 is 0 Å². The second kappa shape index (κ2) is 6.66. The van der Waals surface area contributed by atoms with E-state index >= 15 is 0 Å². The van der Waals surface area contributed by atoms with Gasteiger partial charge in [0.1, 0.15) is 11.3 Å². The van der Waals surface area contributed by atoms with Crippen molar-refractivity contribution in [3.8, 4) is 0 Å². The Balaban J connectivity index is 1.28. The summed E-state index contributed by atoms with van der Waals surface area (Å²) in [7, 11) is 2.10. The highest BCUT2D eigenvalue weighted by molar-refractivity contribution is 6.31. The number of piperidine rings is 1. The number of aromatic nitrogens is 3. The predicted octanol–water partition coefficient (Wildman–Crippen LogP) is 4.75. The number of nitrogens with zero attached hydrogens (tertiary/aromatic N) is 4. The largest absolute Gasteiger partial charge is 0.440 e. The third kappa shape index (κ3) is 3.11. The highest BCUT2D eigenvalue weighted by atomic mass is 35.5. The van der Waals surface area contributed by atoms with Gasteiger partial charge in [-0.25, -0.2) is 9.97 Å². The molecule has 4 aromatic rings. The molecule has 5 rings (SSSR count). The first-order valence-electron chi connectivity index (χ1n) is 9.36. The van der Waals surface area contributed by atoms with Gasteiger partial charge in [0.05, 0.1) is 17.6 Å². The molecule has 5 nitrogen and oxygen atoms in total. The molecule has 1 fully saturated rings. The summed E-state index contributed by atoms with van der Waals surface area (Å²) >= 11 is 6.06. The topological polar surface area (TPSA) is 47.1 Å². The number of para-hydroxylation sites is 2. The van der Waals surface area contributed by atoms with Crippen molar-refractivity contribution in [3.05, 3.63) is 59.2 Å². The maximum absolute atomic E-state index is 6.06. The lowest BCUT2D eigenvalue weighted by atomic mass is 9.97. The van der Waals surface area contributed by atoms with E-state index in [1.54, 1.807) is 0 Å². The van der Waals surface area contributed by atoms with Gasteiger partial charge in [-0.1, -0.05) is 23.7 Å². The summed E-state index contributed by atoms with van der Waals surface area (Å²) in [6.07, 6.45) is 2.09. The van der Waals surface area contributed by atoms with Crippen LogP contribution < -0.4 is 0 Å². The summed E-state index contributed by atoms with van der Waals surface area (Å²) < 4.78 is 8.17. The summed E-state index contributed by atoms with van der Waals surface area (Å²) in [5.74, 6) is 2.33. The van der Waals surface area contributed by atoms with E-state index in [0.717, 1.165) is 60.8 Å². The summed E-state index contributed by atoms with van der Waals surface area (Å²) in [6, 6.07) is 13.9. The predicted molar refractivity (Wildman–Crippen MR) is 107 cm³/mol. The number of rotatable bonds is 3. The monoisotopic (exact) mass is 380 g/mol. The quantitative estimate of drug-likeness (QED) is 0.514. The molecule has 0 amide bonds. The van der Waals surface area contributed by atoms with Crippen LogP contribution in [0, 0.1) is 0 Å². The lowest BCUT2D eigenvalue weighted by molar-refractivity contribution is 0.189. The van der Waals surface area contributed by atoms with E-state index in [0.29, 0.717) is 10.9 Å². The normalized spacial score (nSPS) is 16.5. The summed E-state index contributed by atoms with van der Waals surface area (Å²) in [4.78, 5) is 11.9. The number of imidazole rings is 1. The lowest BCUT2D eigenvalue weighted by Gasteiger charge is -2.30. The molecule has 0 bridgehead atoms. The van der Waals surface area contributed by atoms with E-state index in [2.05, 4.69) is 39.7 Å². The zero-order chi connectivity index (χ0) is 18.4. The number of oxazole rings is 1. The number of fused-ring (bicyclic) bond motifs is 2. The van der Waals surface area contributed by atoms with Gasteiger partial charge < -0.3 is 8.98 Å². The molecule has 0 spiro atoms. The smallest absolute Gasteiger partial charge is 0.198 e. The first-order valence-corrected chi connectivity index (χ1v) is 9.74. The highest BCUT2D eigenvalue weighted by Gasteiger charge is 2.25. The zero-order valence-electron chi connectivity index (χ0n) is 15.2. The molecule has 1 aliphatic rings. The van der Waals surface area contributed by atoms with E-state index in [1.807, 2.05) is 24.3 Å². The van der Waals surface area contributed by atoms with E-state index in [9.17, 15) is 0 Å². The molecule has 2 aromatic heterocycles. The molecule has 0 aliphatic carbocycles. The zero-order valence-corrected chi connectivity index (χ0v) is 16.0. The molecule has 0 saturated carbocycles. The van der Waals surface area contributed by atoms with Crippen molar-refractivity contribution >= 4 is 33.7 Å². The van der Waals surface area contributed by atoms with Crippen LogP contribution >= 0.6 is 11.6 Å². The Morgan fingerprint density at radius 2 is 1.89 bits per heavy atom. The molecule has 0 radical (unpaired) electrons. The van der Waals surface area contributed by atoms with Crippen LogP contribution in [0.4, 0.5) is 0 Å². The van der Waals surface area contributed by atoms with Crippen molar-refractivity contribution < 1.29 is 4.42 Å². The van der Waals surface area contributed by atoms with Crippen LogP contribution in [0.3, 0.4) is 0 Å². The third-order valence-electron chi connectivity index (χ3n) is 5.55. The van der Waals surface area contributed by atoms with Crippen LogP contribution in [-0.2, 0) is 13.6 Å². The fourth-order valence-electron chi connectivity index (χ4n) is 3.97. The average Bonchev–Trinajstić information content (AvgIpc) is 3.24. The first-order chi connectivity index (χ1) is 13.2. The van der Waals surface area contributed by atoms with Crippen LogP contribution in [-0.4, -0.2) is 32.5 Å². The van der Waals surface area contributed by atoms with Crippen molar-refractivity contribution in [2.75, 3.05) is 13.1 Å². The highest BCUT2D eigenvalue weighted by Crippen LogP contribution is 2.31. The molecule has 2 aromatic carbocycles. The van der Waals surface area contributed by atoms with Gasteiger partial charge in [0, 0.05) is 18.0 Å². The molecule has 3 heterocycles. The summed E-state index contributed by atoms with van der Waals surface area (Å²) in [5, 5.41) is 0.694. The third-order valence-corrected chi connectivity index (χ3v) is 5.78. The van der Waals surface area contributed by atoms with Crippen LogP contribution in [0.1, 0.15) is 30.5 Å². The molecule has 27 heavy (non-hydrogen) atoms. The Hall–Kier alpha value is -2.37. The Kier molecular flexibility index (Phi) is 4.14. The number of likely N-dealkylation sites (tertiary alicyclic amines) is 1. The van der Waals surface area contributed by atoms with Crippen LogP contribution in [0.5, 0.6) is 0 Å². The molecule has 138 valence electrons. The number of benzene rings is 2. The Morgan fingerprint density at radius 3 is 2.70 bits per heavy atom. The van der Waals surface area contributed by atoms with Gasteiger partial charge in [0.2, 0.25) is 0 Å². The van der Waals surface area contributed by atoms with Gasteiger partial charge in [0.15, 0.2) is 11.5 Å². The van der Waals surface area contributed by atoms with Gasteiger partial charge in [0.25, 0.3) is 0 Å². The molecule has 0 unspecified atom stereocenters. The minimum Gasteiger partial charge on any atom is -0.440 e. The Labute approximate surface area is 162 Å². The molecule has 0 N–H and O–H groups in total. The number of halogens is 1. The molecule has 1 saturated heterocycles. The van der Waals surface area contributed by atoms with Gasteiger partial charge in [-0.15, -0.1) is 0 Å². The Bertz CT molecular complexity index is 1110. The maximum atomic E-state index is 6.06. The van der Waals surface area contributed by atoms with Crippen molar-refractivity contribution in [2.45, 2.75) is 25.3 Å². The number of hydrogen-bond acceptors (Lipinski definition) is 4. The minimum absolute atomic E-state index is 0.368. The van der Waals surface area contributed by atoms with Crippen molar-refractivity contribution in [1.29, 1.82) is 0 Å². The molecular formula is C21H21ClN4O. The van der Waals surface area contributed by atoms with Gasteiger partial charge in [-0.2, -0.15) is 0 Å². The van der Waals surface area contributed by atoms with Gasteiger partial charge in [-0.05, 0) is 56.3 Å². The molecule has 1 aliphatic heterocycles. The Morgan fingerprint density at radius 1 is 1.07 bits per heavy atom. The van der Waals surface area contributed by atoms with Crippen LogP contribution in [0.25, 0.3) is 22.1 Å². The van der Waals surface area contributed by atoms with Crippen molar-refractivity contribution in [1.82, 2.24) is 19.4 Å². The molecular weight excluding hydrogens is 360 g/mol. The summed E-state index contributed by atoms with van der Waals surface area (Å²) in [5.41, 5.74) is 3.92. The van der Waals surface area contributed by atoms with Crippen LogP contribution in [0.2, 0.25) is 5.02 Å². The number of hydrogen-bond donors (Lipinski definition) is 0. The van der Waals surface area contributed by atoms with E-state index in [4.69, 9.17) is 21.0 Å². The van der Waals surface area contributed by atoms with E-state index in [-0.39, 0.29) is 0 Å². The van der Waals surface area contributed by atoms with Crippen LogP contribution in [0.15, 0.2) is 46.9 Å². The standard InChI is InChI=1S/C21H21ClN4O/c1-25-18-5-3-2-4-16(18)23-20(25)13-26-10-8-14(9-11-26)21-24-17-12-15(22)6-7-19(17)27-21/h2-7,12,14H,8-11,13H2,1H3. The maximum Gasteiger partial charge on any atom is 0.198 e. The second-order valence-electron chi connectivity index (χ2n) is 7.29. The SMILES string of the molecule is Cn1c(CN2CCC(c3nc4cc(Cl)ccc4o3)CC2)nc2ccccc21. The average molecular weight is 381 g/mol. The first kappa shape index (κ1) is 16.8. The van der Waals surface area contributed by atoms with E-state index in [1.165, 1.54) is 5.52 Å². The number of aryl methyl sites for hydroxylation is 1. The van der Waals surface area contributed by atoms with Gasteiger partial charge in [-0.3, -0.25) is 4.90 Å². The fourth-order valence-corrected chi connectivity index (χ4v) is 4.13. The molecule has 6 heteroatoms. The van der Waals surface area contributed by atoms with E-state index < -0.39 is 0 Å². The summed E-state index contributed by atoms with van der Waals surface area (Å²) in [6.45, 7) is 2.92. The van der Waals surface area contributed by atoms with Crippen molar-refractivity contribution in [2.24, 2.45) is 7.05 Å². The minimum atomic E-state index is 0.368. The lowest BCUT2D eigenvalue weighted by Crippen LogP contribution is -2.33. The van der Waals surface area contributed by atoms with Crippen molar-refractivity contribution in [3.63, 3.8) is 0 Å².